The molecule has 158 valence electrons. The van der Waals surface area contributed by atoms with E-state index < -0.39 is 0 Å². The van der Waals surface area contributed by atoms with E-state index in [2.05, 4.69) is 36.1 Å². The van der Waals surface area contributed by atoms with Crippen LogP contribution in [0.3, 0.4) is 0 Å². The molecule has 1 fully saturated rings. The fourth-order valence-corrected chi connectivity index (χ4v) is 4.51. The molecule has 2 aromatic carbocycles. The lowest BCUT2D eigenvalue weighted by atomic mass is 9.82. The average Bonchev–Trinajstić information content (AvgIpc) is 3.43. The number of hydrogen-bond donors (Lipinski definition) is 0. The van der Waals surface area contributed by atoms with Gasteiger partial charge < -0.3 is 9.15 Å². The molecular weight excluding hydrogens is 377 g/mol. The van der Waals surface area contributed by atoms with Crippen LogP contribution in [0.1, 0.15) is 30.9 Å². The molecule has 1 aliphatic heterocycles. The standard InChI is InChI=1S/C26H30FNO2/c1-2-29-20-26(14-13-21-9-11-23(27)12-10-21)15-16-28(19-26)18-22-6-3-4-7-24(22)25-8-5-17-30-25/h3-12,17H,2,13-16,18-20H2,1H3. The molecule has 1 saturated heterocycles. The van der Waals surface area contributed by atoms with Crippen LogP contribution in [0.15, 0.2) is 71.3 Å². The zero-order valence-electron chi connectivity index (χ0n) is 17.6. The van der Waals surface area contributed by atoms with Crippen molar-refractivity contribution < 1.29 is 13.5 Å². The molecule has 30 heavy (non-hydrogen) atoms. The van der Waals surface area contributed by atoms with E-state index in [0.29, 0.717) is 0 Å². The third-order valence-electron chi connectivity index (χ3n) is 6.18. The van der Waals surface area contributed by atoms with Crippen molar-refractivity contribution in [2.75, 3.05) is 26.3 Å². The van der Waals surface area contributed by atoms with E-state index in [1.165, 1.54) is 11.1 Å². The lowest BCUT2D eigenvalue weighted by Gasteiger charge is -2.29. The Morgan fingerprint density at radius 3 is 2.67 bits per heavy atom. The van der Waals surface area contributed by atoms with E-state index in [1.807, 2.05) is 24.3 Å². The molecule has 1 aromatic heterocycles. The van der Waals surface area contributed by atoms with Crippen molar-refractivity contribution in [2.45, 2.75) is 32.7 Å². The number of nitrogens with zero attached hydrogens (tertiary/aromatic N) is 1. The van der Waals surface area contributed by atoms with Gasteiger partial charge in [0.25, 0.3) is 0 Å². The smallest absolute Gasteiger partial charge is 0.134 e. The lowest BCUT2D eigenvalue weighted by molar-refractivity contribution is 0.0489. The van der Waals surface area contributed by atoms with Gasteiger partial charge in [0.15, 0.2) is 0 Å². The van der Waals surface area contributed by atoms with Gasteiger partial charge in [-0.1, -0.05) is 36.4 Å². The molecule has 0 bridgehead atoms. The maximum absolute atomic E-state index is 13.2. The van der Waals surface area contributed by atoms with Crippen LogP contribution in [-0.4, -0.2) is 31.2 Å². The van der Waals surface area contributed by atoms with Gasteiger partial charge in [-0.3, -0.25) is 4.90 Å². The third-order valence-corrected chi connectivity index (χ3v) is 6.18. The summed E-state index contributed by atoms with van der Waals surface area (Å²) in [6, 6.07) is 19.3. The summed E-state index contributed by atoms with van der Waals surface area (Å²) < 4.78 is 24.8. The molecule has 0 N–H and O–H groups in total. The number of ether oxygens (including phenoxy) is 1. The highest BCUT2D eigenvalue weighted by Crippen LogP contribution is 2.37. The number of halogens is 1. The SMILES string of the molecule is CCOCC1(CCc2ccc(F)cc2)CCN(Cc2ccccc2-c2ccco2)C1. The van der Waals surface area contributed by atoms with Crippen LogP contribution in [0, 0.1) is 11.2 Å². The third kappa shape index (κ3) is 5.00. The number of likely N-dealkylation sites (tertiary alicyclic amines) is 1. The van der Waals surface area contributed by atoms with Crippen LogP contribution in [-0.2, 0) is 17.7 Å². The highest BCUT2D eigenvalue weighted by molar-refractivity contribution is 5.61. The zero-order valence-corrected chi connectivity index (χ0v) is 17.6. The predicted molar refractivity (Wildman–Crippen MR) is 118 cm³/mol. The summed E-state index contributed by atoms with van der Waals surface area (Å²) in [5.74, 6) is 0.742. The zero-order chi connectivity index (χ0) is 20.8. The molecule has 1 aliphatic rings. The van der Waals surface area contributed by atoms with Gasteiger partial charge in [0, 0.05) is 30.7 Å². The Balaban J connectivity index is 1.45. The highest BCUT2D eigenvalue weighted by atomic mass is 19.1. The van der Waals surface area contributed by atoms with E-state index in [9.17, 15) is 4.39 Å². The first-order valence-corrected chi connectivity index (χ1v) is 10.8. The van der Waals surface area contributed by atoms with Crippen molar-refractivity contribution in [3.63, 3.8) is 0 Å². The number of rotatable bonds is 9. The molecule has 0 radical (unpaired) electrons. The first-order valence-electron chi connectivity index (χ1n) is 10.8. The summed E-state index contributed by atoms with van der Waals surface area (Å²) in [4.78, 5) is 2.53. The number of aryl methyl sites for hydroxylation is 1. The van der Waals surface area contributed by atoms with Gasteiger partial charge in [-0.25, -0.2) is 4.39 Å². The largest absolute Gasteiger partial charge is 0.464 e. The number of benzene rings is 2. The predicted octanol–water partition coefficient (Wildman–Crippen LogP) is 5.95. The van der Waals surface area contributed by atoms with Crippen LogP contribution in [0.2, 0.25) is 0 Å². The lowest BCUT2D eigenvalue weighted by Crippen LogP contribution is -2.32. The summed E-state index contributed by atoms with van der Waals surface area (Å²) >= 11 is 0. The Labute approximate surface area is 178 Å². The Hall–Kier alpha value is -2.43. The fraction of sp³-hybridized carbons (Fsp3) is 0.385. The Kier molecular flexibility index (Phi) is 6.66. The second-order valence-corrected chi connectivity index (χ2v) is 8.36. The molecule has 4 heteroatoms. The van der Waals surface area contributed by atoms with Crippen molar-refractivity contribution in [1.82, 2.24) is 4.90 Å². The number of furan rings is 1. The van der Waals surface area contributed by atoms with Crippen molar-refractivity contribution >= 4 is 0 Å². The molecule has 0 spiro atoms. The summed E-state index contributed by atoms with van der Waals surface area (Å²) in [6.45, 7) is 6.55. The maximum atomic E-state index is 13.2. The van der Waals surface area contributed by atoms with Gasteiger partial charge in [0.2, 0.25) is 0 Å². The normalized spacial score (nSPS) is 19.4. The van der Waals surface area contributed by atoms with E-state index >= 15 is 0 Å². The quantitative estimate of drug-likeness (QED) is 0.438. The maximum Gasteiger partial charge on any atom is 0.134 e. The molecule has 2 heterocycles. The molecule has 0 amide bonds. The minimum Gasteiger partial charge on any atom is -0.464 e. The molecule has 3 nitrogen and oxygen atoms in total. The van der Waals surface area contributed by atoms with Crippen molar-refractivity contribution in [1.29, 1.82) is 0 Å². The Morgan fingerprint density at radius 1 is 1.07 bits per heavy atom. The van der Waals surface area contributed by atoms with Crippen LogP contribution < -0.4 is 0 Å². The fourth-order valence-electron chi connectivity index (χ4n) is 4.51. The minimum atomic E-state index is -0.176. The van der Waals surface area contributed by atoms with Gasteiger partial charge in [-0.2, -0.15) is 0 Å². The van der Waals surface area contributed by atoms with Crippen molar-refractivity contribution in [3.05, 3.63) is 83.9 Å². The van der Waals surface area contributed by atoms with E-state index in [1.54, 1.807) is 18.4 Å². The topological polar surface area (TPSA) is 25.6 Å². The van der Waals surface area contributed by atoms with Crippen LogP contribution >= 0.6 is 0 Å². The molecule has 0 aliphatic carbocycles. The summed E-state index contributed by atoms with van der Waals surface area (Å²) in [7, 11) is 0. The summed E-state index contributed by atoms with van der Waals surface area (Å²) in [5, 5.41) is 0. The summed E-state index contributed by atoms with van der Waals surface area (Å²) in [6.07, 6.45) is 4.85. The Morgan fingerprint density at radius 2 is 1.90 bits per heavy atom. The van der Waals surface area contributed by atoms with E-state index in [-0.39, 0.29) is 11.2 Å². The molecule has 0 saturated carbocycles. The van der Waals surface area contributed by atoms with Gasteiger partial charge in [-0.15, -0.1) is 0 Å². The van der Waals surface area contributed by atoms with Gasteiger partial charge >= 0.3 is 0 Å². The van der Waals surface area contributed by atoms with Gasteiger partial charge in [0.05, 0.1) is 12.9 Å². The van der Waals surface area contributed by atoms with Crippen LogP contribution in [0.25, 0.3) is 11.3 Å². The number of hydrogen-bond acceptors (Lipinski definition) is 3. The molecule has 4 rings (SSSR count). The highest BCUT2D eigenvalue weighted by Gasteiger charge is 2.38. The second kappa shape index (κ2) is 9.59. The first-order chi connectivity index (χ1) is 14.7. The van der Waals surface area contributed by atoms with Crippen LogP contribution in [0.5, 0.6) is 0 Å². The van der Waals surface area contributed by atoms with Gasteiger partial charge in [0.1, 0.15) is 11.6 Å². The monoisotopic (exact) mass is 407 g/mol. The molecule has 3 aromatic rings. The minimum absolute atomic E-state index is 0.143. The van der Waals surface area contributed by atoms with E-state index in [0.717, 1.165) is 63.4 Å². The first kappa shape index (κ1) is 20.8. The van der Waals surface area contributed by atoms with Crippen molar-refractivity contribution in [2.24, 2.45) is 5.41 Å². The van der Waals surface area contributed by atoms with Crippen LogP contribution in [0.4, 0.5) is 4.39 Å². The molecule has 1 unspecified atom stereocenters. The van der Waals surface area contributed by atoms with E-state index in [4.69, 9.17) is 9.15 Å². The Bertz CT molecular complexity index is 922. The van der Waals surface area contributed by atoms with Gasteiger partial charge in [-0.05, 0) is 68.1 Å². The summed E-state index contributed by atoms with van der Waals surface area (Å²) in [5.41, 5.74) is 3.78. The average molecular weight is 408 g/mol. The van der Waals surface area contributed by atoms with Crippen molar-refractivity contribution in [3.8, 4) is 11.3 Å². The molecular formula is C26H30FNO2. The second-order valence-electron chi connectivity index (χ2n) is 8.36. The molecule has 1 atom stereocenters.